The van der Waals surface area contributed by atoms with E-state index < -0.39 is 5.82 Å². The molecule has 3 aromatic rings. The molecule has 4 heterocycles. The van der Waals surface area contributed by atoms with Gasteiger partial charge in [0.15, 0.2) is 11.6 Å². The maximum Gasteiger partial charge on any atom is 0.272 e. The molecule has 3 aliphatic heterocycles. The Labute approximate surface area is 269 Å². The van der Waals surface area contributed by atoms with Gasteiger partial charge in [0.2, 0.25) is 0 Å². The van der Waals surface area contributed by atoms with Crippen LogP contribution >= 0.6 is 0 Å². The molecule has 0 unspecified atom stereocenters. The Morgan fingerprint density at radius 3 is 2.17 bits per heavy atom. The minimum atomic E-state index is -0.493. The number of carbonyl (C=O) groups is 3. The van der Waals surface area contributed by atoms with E-state index in [-0.39, 0.29) is 34.9 Å². The SMILES string of the molecule is N#Cc1ccc(CN2CCC(CC(=O)c3ccc(C(=O)N4CCC(C(=O)c5ccc(N6CCCC6)cc5)CC4)nc3)CC2)cc1F. The van der Waals surface area contributed by atoms with Crippen LogP contribution in [0.2, 0.25) is 0 Å². The van der Waals surface area contributed by atoms with Crippen molar-refractivity contribution in [2.45, 2.75) is 51.5 Å². The number of piperidine rings is 2. The van der Waals surface area contributed by atoms with Crippen molar-refractivity contribution in [1.29, 1.82) is 5.26 Å². The highest BCUT2D eigenvalue weighted by Gasteiger charge is 2.29. The number of hydrogen-bond donors (Lipinski definition) is 0. The van der Waals surface area contributed by atoms with Crippen LogP contribution in [0.1, 0.15) is 87.3 Å². The molecule has 9 heteroatoms. The summed E-state index contributed by atoms with van der Waals surface area (Å²) in [6.07, 6.45) is 7.35. The number of aromatic nitrogens is 1. The van der Waals surface area contributed by atoms with Crippen molar-refractivity contribution in [2.24, 2.45) is 11.8 Å². The number of nitrogens with zero attached hydrogens (tertiary/aromatic N) is 5. The minimum absolute atomic E-state index is 0.0203. The monoisotopic (exact) mass is 621 g/mol. The molecule has 0 bridgehead atoms. The van der Waals surface area contributed by atoms with Crippen LogP contribution in [0.25, 0.3) is 0 Å². The predicted molar refractivity (Wildman–Crippen MR) is 173 cm³/mol. The van der Waals surface area contributed by atoms with Crippen molar-refractivity contribution in [3.05, 3.63) is 94.6 Å². The Balaban J connectivity index is 0.941. The Morgan fingerprint density at radius 1 is 0.848 bits per heavy atom. The quantitative estimate of drug-likeness (QED) is 0.274. The lowest BCUT2D eigenvalue weighted by atomic mass is 9.88. The van der Waals surface area contributed by atoms with E-state index in [1.54, 1.807) is 23.1 Å². The van der Waals surface area contributed by atoms with Crippen LogP contribution in [0.5, 0.6) is 0 Å². The summed E-state index contributed by atoms with van der Waals surface area (Å²) in [7, 11) is 0. The molecule has 8 nitrogen and oxygen atoms in total. The van der Waals surface area contributed by atoms with Gasteiger partial charge >= 0.3 is 0 Å². The van der Waals surface area contributed by atoms with Crippen molar-refractivity contribution in [3.63, 3.8) is 0 Å². The second kappa shape index (κ2) is 14.3. The van der Waals surface area contributed by atoms with E-state index in [1.807, 2.05) is 30.3 Å². The zero-order valence-corrected chi connectivity index (χ0v) is 26.2. The lowest BCUT2D eigenvalue weighted by Crippen LogP contribution is -2.40. The molecule has 3 saturated heterocycles. The van der Waals surface area contributed by atoms with Crippen molar-refractivity contribution < 1.29 is 18.8 Å². The highest BCUT2D eigenvalue weighted by Crippen LogP contribution is 2.27. The molecule has 0 saturated carbocycles. The van der Waals surface area contributed by atoms with E-state index in [9.17, 15) is 18.8 Å². The molecule has 1 amide bonds. The second-order valence-electron chi connectivity index (χ2n) is 12.9. The summed E-state index contributed by atoms with van der Waals surface area (Å²) in [6, 6.07) is 17.9. The fourth-order valence-electron chi connectivity index (χ4n) is 6.97. The number of hydrogen-bond acceptors (Lipinski definition) is 7. The normalized spacial score (nSPS) is 18.0. The van der Waals surface area contributed by atoms with E-state index >= 15 is 0 Å². The summed E-state index contributed by atoms with van der Waals surface area (Å²) in [5.74, 6) is -0.335. The average Bonchev–Trinajstić information content (AvgIpc) is 3.64. The molecule has 6 rings (SSSR count). The lowest BCUT2D eigenvalue weighted by Gasteiger charge is -2.31. The average molecular weight is 622 g/mol. The van der Waals surface area contributed by atoms with Crippen LogP contribution in [-0.2, 0) is 6.54 Å². The van der Waals surface area contributed by atoms with Crippen molar-refractivity contribution in [1.82, 2.24) is 14.8 Å². The summed E-state index contributed by atoms with van der Waals surface area (Å²) in [5.41, 5.74) is 3.62. The molecule has 3 aliphatic rings. The van der Waals surface area contributed by atoms with Gasteiger partial charge in [-0.25, -0.2) is 4.39 Å². The van der Waals surface area contributed by atoms with Gasteiger partial charge in [0, 0.05) is 68.1 Å². The smallest absolute Gasteiger partial charge is 0.272 e. The second-order valence-corrected chi connectivity index (χ2v) is 12.9. The molecule has 238 valence electrons. The molecule has 0 spiro atoms. The van der Waals surface area contributed by atoms with Gasteiger partial charge in [0.1, 0.15) is 17.6 Å². The molecule has 46 heavy (non-hydrogen) atoms. The fraction of sp³-hybridized carbons (Fsp3) is 0.432. The summed E-state index contributed by atoms with van der Waals surface area (Å²) in [4.78, 5) is 50.0. The molecule has 0 aliphatic carbocycles. The molecular formula is C37H40FN5O3. The molecule has 0 radical (unpaired) electrons. The van der Waals surface area contributed by atoms with E-state index in [2.05, 4.69) is 14.8 Å². The summed E-state index contributed by atoms with van der Waals surface area (Å²) >= 11 is 0. The number of amides is 1. The number of carbonyl (C=O) groups excluding carboxylic acids is 3. The first-order valence-corrected chi connectivity index (χ1v) is 16.5. The van der Waals surface area contributed by atoms with Crippen LogP contribution in [0.3, 0.4) is 0 Å². The summed E-state index contributed by atoms with van der Waals surface area (Å²) in [5, 5.41) is 8.93. The van der Waals surface area contributed by atoms with Gasteiger partial charge in [-0.15, -0.1) is 0 Å². The third-order valence-electron chi connectivity index (χ3n) is 9.82. The first-order valence-electron chi connectivity index (χ1n) is 16.5. The standard InChI is InChI=1S/C37H40FN5O3/c38-33-21-27(3-4-30(33)23-39)25-41-17-11-26(12-18-41)22-35(44)31-7-10-34(40-24-31)37(46)43-19-13-29(14-20-43)36(45)28-5-8-32(9-6-28)42-15-1-2-16-42/h3-10,21,24,26,29H,1-2,11-20,22,25H2. The number of rotatable bonds is 9. The van der Waals surface area contributed by atoms with E-state index in [1.165, 1.54) is 36.9 Å². The fourth-order valence-corrected chi connectivity index (χ4v) is 6.97. The number of nitriles is 1. The largest absolute Gasteiger partial charge is 0.372 e. The Kier molecular flexibility index (Phi) is 9.84. The number of benzene rings is 2. The molecular weight excluding hydrogens is 581 g/mol. The van der Waals surface area contributed by atoms with Gasteiger partial charge in [-0.2, -0.15) is 5.26 Å². The molecule has 0 N–H and O–H groups in total. The van der Waals surface area contributed by atoms with Crippen molar-refractivity contribution in [2.75, 3.05) is 44.2 Å². The number of halogens is 1. The molecule has 2 aromatic carbocycles. The first kappa shape index (κ1) is 31.6. The van der Waals surface area contributed by atoms with E-state index in [0.29, 0.717) is 50.2 Å². The van der Waals surface area contributed by atoms with Gasteiger partial charge in [-0.1, -0.05) is 6.07 Å². The number of anilines is 1. The third-order valence-corrected chi connectivity index (χ3v) is 9.82. The minimum Gasteiger partial charge on any atom is -0.372 e. The Hall–Kier alpha value is -4.42. The molecule has 1 aromatic heterocycles. The number of ketones is 2. The van der Waals surface area contributed by atoms with Gasteiger partial charge in [-0.05, 0) is 112 Å². The van der Waals surface area contributed by atoms with Crippen molar-refractivity contribution >= 4 is 23.2 Å². The first-order chi connectivity index (χ1) is 22.4. The Bertz CT molecular complexity index is 1600. The van der Waals surface area contributed by atoms with Gasteiger partial charge < -0.3 is 9.80 Å². The van der Waals surface area contributed by atoms with Crippen molar-refractivity contribution in [3.8, 4) is 6.07 Å². The zero-order chi connectivity index (χ0) is 32.0. The summed E-state index contributed by atoms with van der Waals surface area (Å²) < 4.78 is 14.0. The van der Waals surface area contributed by atoms with Crippen LogP contribution in [0, 0.1) is 29.0 Å². The zero-order valence-electron chi connectivity index (χ0n) is 26.2. The number of Topliss-reactive ketones (excluding diaryl/α,β-unsaturated/α-hetero) is 2. The Morgan fingerprint density at radius 2 is 1.54 bits per heavy atom. The highest BCUT2D eigenvalue weighted by molar-refractivity contribution is 5.99. The lowest BCUT2D eigenvalue weighted by molar-refractivity contribution is 0.0645. The van der Waals surface area contributed by atoms with Gasteiger partial charge in [0.05, 0.1) is 5.56 Å². The highest BCUT2D eigenvalue weighted by atomic mass is 19.1. The van der Waals surface area contributed by atoms with E-state index in [0.717, 1.165) is 50.1 Å². The van der Waals surface area contributed by atoms with Crippen LogP contribution in [0.4, 0.5) is 10.1 Å². The number of likely N-dealkylation sites (tertiary alicyclic amines) is 2. The van der Waals surface area contributed by atoms with Crippen LogP contribution < -0.4 is 4.90 Å². The van der Waals surface area contributed by atoms with Crippen LogP contribution in [0.15, 0.2) is 60.8 Å². The van der Waals surface area contributed by atoms with E-state index in [4.69, 9.17) is 5.26 Å². The molecule has 0 atom stereocenters. The van der Waals surface area contributed by atoms with Gasteiger partial charge in [0.25, 0.3) is 5.91 Å². The topological polar surface area (TPSA) is 97.6 Å². The number of pyridine rings is 1. The summed E-state index contributed by atoms with van der Waals surface area (Å²) in [6.45, 7) is 5.40. The van der Waals surface area contributed by atoms with Gasteiger partial charge in [-0.3, -0.25) is 24.3 Å². The third kappa shape index (κ3) is 7.34. The van der Waals surface area contributed by atoms with Crippen LogP contribution in [-0.4, -0.2) is 71.5 Å². The molecule has 3 fully saturated rings. The maximum atomic E-state index is 14.0. The predicted octanol–water partition coefficient (Wildman–Crippen LogP) is 5.91. The maximum absolute atomic E-state index is 14.0.